The summed E-state index contributed by atoms with van der Waals surface area (Å²) in [5.74, 6) is -2.66. The highest BCUT2D eigenvalue weighted by Crippen LogP contribution is 2.62. The molecule has 0 saturated carbocycles. The number of nitrogens with zero attached hydrogens (tertiary/aromatic N) is 4. The Labute approximate surface area is 232 Å². The van der Waals surface area contributed by atoms with E-state index in [0.29, 0.717) is 10.2 Å². The van der Waals surface area contributed by atoms with Crippen molar-refractivity contribution in [3.8, 4) is 12.1 Å². The lowest BCUT2D eigenvalue weighted by atomic mass is 9.52. The molecule has 2 aromatic rings. The largest absolute Gasteiger partial charge is 0.466 e. The summed E-state index contributed by atoms with van der Waals surface area (Å²) in [6.45, 7) is 0.0924. The van der Waals surface area contributed by atoms with Crippen molar-refractivity contribution in [3.05, 3.63) is 99.8 Å². The molecule has 0 N–H and O–H groups in total. The number of ether oxygens (including phenoxy) is 2. The van der Waals surface area contributed by atoms with Crippen molar-refractivity contribution < 1.29 is 23.9 Å². The molecule has 2 atom stereocenters. The highest BCUT2D eigenvalue weighted by atomic mass is 79.9. The summed E-state index contributed by atoms with van der Waals surface area (Å²) in [5, 5.41) is 21.6. The van der Waals surface area contributed by atoms with Crippen molar-refractivity contribution >= 4 is 39.5 Å². The van der Waals surface area contributed by atoms with E-state index in [1.165, 1.54) is 16.0 Å². The molecule has 3 aliphatic heterocycles. The van der Waals surface area contributed by atoms with Gasteiger partial charge in [0.2, 0.25) is 5.91 Å². The fourth-order valence-corrected chi connectivity index (χ4v) is 6.15. The zero-order valence-electron chi connectivity index (χ0n) is 20.9. The maximum atomic E-state index is 14.9. The number of hydrogen-bond donors (Lipinski definition) is 0. The van der Waals surface area contributed by atoms with Gasteiger partial charge in [-0.1, -0.05) is 58.4 Å². The van der Waals surface area contributed by atoms with Gasteiger partial charge in [0, 0.05) is 21.9 Å². The van der Waals surface area contributed by atoms with Crippen LogP contribution in [0.25, 0.3) is 0 Å². The molecule has 5 rings (SSSR count). The molecule has 3 heterocycles. The van der Waals surface area contributed by atoms with Gasteiger partial charge in [-0.2, -0.15) is 10.5 Å². The lowest BCUT2D eigenvalue weighted by molar-refractivity contribution is -0.144. The molecule has 0 aliphatic carbocycles. The van der Waals surface area contributed by atoms with Crippen LogP contribution >= 0.6 is 15.9 Å². The molecule has 0 unspecified atom stereocenters. The molecule has 0 aromatic heterocycles. The molecule has 39 heavy (non-hydrogen) atoms. The van der Waals surface area contributed by atoms with Gasteiger partial charge in [-0.3, -0.25) is 4.79 Å². The van der Waals surface area contributed by atoms with Crippen LogP contribution in [-0.2, 0) is 35.8 Å². The van der Waals surface area contributed by atoms with E-state index >= 15 is 0 Å². The van der Waals surface area contributed by atoms with Crippen molar-refractivity contribution in [1.82, 2.24) is 4.90 Å². The maximum absolute atomic E-state index is 14.9. The second-order valence-electron chi connectivity index (χ2n) is 9.11. The Hall–Kier alpha value is -4.67. The maximum Gasteiger partial charge on any atom is 0.355 e. The Morgan fingerprint density at radius 2 is 1.72 bits per heavy atom. The predicted octanol–water partition coefficient (Wildman–Crippen LogP) is 3.64. The van der Waals surface area contributed by atoms with Crippen LogP contribution < -0.4 is 4.90 Å². The Kier molecular flexibility index (Phi) is 6.37. The molecule has 0 saturated heterocycles. The first-order chi connectivity index (χ1) is 18.8. The minimum Gasteiger partial charge on any atom is -0.466 e. The van der Waals surface area contributed by atoms with Crippen molar-refractivity contribution in [2.75, 3.05) is 19.1 Å². The van der Waals surface area contributed by atoms with Crippen molar-refractivity contribution in [2.24, 2.45) is 5.41 Å². The summed E-state index contributed by atoms with van der Waals surface area (Å²) < 4.78 is 10.7. The summed E-state index contributed by atoms with van der Waals surface area (Å²) in [6, 6.07) is 17.3. The van der Waals surface area contributed by atoms with Gasteiger partial charge in [0.05, 0.1) is 44.5 Å². The first-order valence-electron chi connectivity index (χ1n) is 11.9. The standard InChI is InChI=1S/C29H21BrN4O5/c1-38-25(35)23-24(26(36)39-2)33-13-7-6-10-22(33)28(16-31,17-32)29(23)20-14-19(30)11-12-21(20)34(27(29)37)15-18-8-4-3-5-9-18/h3-14,22H,15H2,1-2H3/t22-,29-/m1/s1. The number of methoxy groups -OCH3 is 2. The molecule has 2 aromatic carbocycles. The van der Waals surface area contributed by atoms with Gasteiger partial charge in [-0.05, 0) is 29.8 Å². The minimum atomic E-state index is -2.24. The van der Waals surface area contributed by atoms with Gasteiger partial charge in [0.25, 0.3) is 0 Å². The van der Waals surface area contributed by atoms with Crippen LogP contribution in [0, 0.1) is 28.1 Å². The summed E-state index contributed by atoms with van der Waals surface area (Å²) >= 11 is 3.45. The average molecular weight is 585 g/mol. The Balaban J connectivity index is 1.97. The Morgan fingerprint density at radius 3 is 2.36 bits per heavy atom. The van der Waals surface area contributed by atoms with Crippen molar-refractivity contribution in [3.63, 3.8) is 0 Å². The fraction of sp³-hybridized carbons (Fsp3) is 0.207. The highest BCUT2D eigenvalue weighted by molar-refractivity contribution is 9.10. The van der Waals surface area contributed by atoms with Gasteiger partial charge in [0.15, 0.2) is 5.41 Å². The van der Waals surface area contributed by atoms with Gasteiger partial charge in [-0.25, -0.2) is 9.59 Å². The van der Waals surface area contributed by atoms with Gasteiger partial charge < -0.3 is 19.3 Å². The molecular weight excluding hydrogens is 564 g/mol. The zero-order valence-corrected chi connectivity index (χ0v) is 22.5. The topological polar surface area (TPSA) is 124 Å². The van der Waals surface area contributed by atoms with Crippen molar-refractivity contribution in [2.45, 2.75) is 18.0 Å². The summed E-state index contributed by atoms with van der Waals surface area (Å²) in [7, 11) is 2.26. The SMILES string of the molecule is COC(=O)C1=C(C(=O)OC)[C@]2(C(=O)N(Cc3ccccc3)c3ccc(Br)cc32)C(C#N)(C#N)[C@H]2C=CC=CN12. The lowest BCUT2D eigenvalue weighted by Gasteiger charge is -2.51. The molecule has 1 spiro atoms. The van der Waals surface area contributed by atoms with Gasteiger partial charge in [-0.15, -0.1) is 0 Å². The number of allylic oxidation sites excluding steroid dienone is 2. The molecular formula is C29H21BrN4O5. The number of esters is 2. The summed E-state index contributed by atoms with van der Waals surface area (Å²) in [4.78, 5) is 44.7. The summed E-state index contributed by atoms with van der Waals surface area (Å²) in [5.41, 5.74) is -3.74. The van der Waals surface area contributed by atoms with E-state index in [0.717, 1.165) is 19.8 Å². The molecule has 9 nitrogen and oxygen atoms in total. The van der Waals surface area contributed by atoms with Crippen LogP contribution in [0.2, 0.25) is 0 Å². The number of benzene rings is 2. The summed E-state index contributed by atoms with van der Waals surface area (Å²) in [6.07, 6.45) is 6.25. The third-order valence-electron chi connectivity index (χ3n) is 7.38. The number of halogens is 1. The van der Waals surface area contributed by atoms with E-state index in [1.807, 2.05) is 30.3 Å². The van der Waals surface area contributed by atoms with Crippen LogP contribution in [-0.4, -0.2) is 43.0 Å². The van der Waals surface area contributed by atoms with E-state index < -0.39 is 40.3 Å². The number of rotatable bonds is 4. The highest BCUT2D eigenvalue weighted by Gasteiger charge is 2.74. The second-order valence-corrected chi connectivity index (χ2v) is 10.0. The van der Waals surface area contributed by atoms with Crippen molar-refractivity contribution in [1.29, 1.82) is 10.5 Å². The van der Waals surface area contributed by atoms with Crippen LogP contribution in [0.5, 0.6) is 0 Å². The number of carbonyl (C=O) groups excluding carboxylic acids is 3. The molecule has 0 radical (unpaired) electrons. The number of carbonyl (C=O) groups is 3. The second kappa shape index (κ2) is 9.57. The number of anilines is 1. The predicted molar refractivity (Wildman–Crippen MR) is 142 cm³/mol. The number of fused-ring (bicyclic) bond motifs is 3. The molecule has 0 bridgehead atoms. The number of hydrogen-bond acceptors (Lipinski definition) is 8. The molecule has 0 fully saturated rings. The Morgan fingerprint density at radius 1 is 1.03 bits per heavy atom. The van der Waals surface area contributed by atoms with Gasteiger partial charge >= 0.3 is 11.9 Å². The molecule has 194 valence electrons. The quantitative estimate of drug-likeness (QED) is 0.499. The number of nitriles is 2. The lowest BCUT2D eigenvalue weighted by Crippen LogP contribution is -2.66. The minimum absolute atomic E-state index is 0.0924. The third kappa shape index (κ3) is 3.38. The van der Waals surface area contributed by atoms with Crippen LogP contribution in [0.4, 0.5) is 5.69 Å². The Bertz CT molecular complexity index is 1570. The van der Waals surface area contributed by atoms with Crippen LogP contribution in [0.3, 0.4) is 0 Å². The number of amides is 1. The molecule has 3 aliphatic rings. The fourth-order valence-electron chi connectivity index (χ4n) is 5.79. The smallest absolute Gasteiger partial charge is 0.355 e. The van der Waals surface area contributed by atoms with E-state index in [9.17, 15) is 24.9 Å². The van der Waals surface area contributed by atoms with E-state index in [1.54, 1.807) is 36.4 Å². The first kappa shape index (κ1) is 26.0. The normalized spacial score (nSPS) is 22.2. The third-order valence-corrected chi connectivity index (χ3v) is 7.87. The molecule has 10 heteroatoms. The van der Waals surface area contributed by atoms with Crippen LogP contribution in [0.15, 0.2) is 88.7 Å². The van der Waals surface area contributed by atoms with E-state index in [-0.39, 0.29) is 17.8 Å². The average Bonchev–Trinajstić information content (AvgIpc) is 3.20. The molecule has 1 amide bonds. The van der Waals surface area contributed by atoms with E-state index in [2.05, 4.69) is 28.1 Å². The van der Waals surface area contributed by atoms with Gasteiger partial charge in [0.1, 0.15) is 11.1 Å². The monoisotopic (exact) mass is 584 g/mol. The zero-order chi connectivity index (χ0) is 27.9. The van der Waals surface area contributed by atoms with E-state index in [4.69, 9.17) is 9.47 Å². The van der Waals surface area contributed by atoms with Crippen LogP contribution in [0.1, 0.15) is 11.1 Å². The first-order valence-corrected chi connectivity index (χ1v) is 12.6.